The van der Waals surface area contributed by atoms with Crippen molar-refractivity contribution in [1.82, 2.24) is 0 Å². The van der Waals surface area contributed by atoms with Gasteiger partial charge in [-0.1, -0.05) is 27.5 Å². The number of benzene rings is 1. The normalized spacial score (nSPS) is 12.2. The zero-order valence-electron chi connectivity index (χ0n) is 8.87. The fraction of sp³-hybridized carbons (Fsp3) is 0.364. The van der Waals surface area contributed by atoms with Gasteiger partial charge in [-0.2, -0.15) is 0 Å². The lowest BCUT2D eigenvalue weighted by molar-refractivity contribution is -0.144. The summed E-state index contributed by atoms with van der Waals surface area (Å²) in [5.74, 6) is -0.394. The van der Waals surface area contributed by atoms with Crippen LogP contribution in [0.3, 0.4) is 0 Å². The van der Waals surface area contributed by atoms with Gasteiger partial charge in [0.05, 0.1) is 6.61 Å². The molecule has 2 N–H and O–H groups in total. The van der Waals surface area contributed by atoms with E-state index in [4.69, 9.17) is 22.1 Å². The fourth-order valence-electron chi connectivity index (χ4n) is 1.27. The third-order valence-corrected chi connectivity index (χ3v) is 3.05. The smallest absolute Gasteiger partial charge is 0.323 e. The molecule has 1 atom stereocenters. The van der Waals surface area contributed by atoms with Crippen molar-refractivity contribution in [3.05, 3.63) is 33.3 Å². The van der Waals surface area contributed by atoms with Gasteiger partial charge in [-0.25, -0.2) is 0 Å². The number of hydrogen-bond acceptors (Lipinski definition) is 3. The van der Waals surface area contributed by atoms with E-state index in [1.54, 1.807) is 19.1 Å². The third-order valence-electron chi connectivity index (χ3n) is 2.04. The van der Waals surface area contributed by atoms with Crippen molar-refractivity contribution >= 4 is 33.5 Å². The standard InChI is InChI=1S/C11H13BrClNO2/c1-2-16-11(15)10(14)6-7-5-8(13)3-4-9(7)12/h3-5,10H,2,6,14H2,1H3. The van der Waals surface area contributed by atoms with Gasteiger partial charge in [-0.3, -0.25) is 4.79 Å². The number of halogens is 2. The second kappa shape index (κ2) is 6.23. The van der Waals surface area contributed by atoms with E-state index in [2.05, 4.69) is 15.9 Å². The SMILES string of the molecule is CCOC(=O)C(N)Cc1cc(Cl)ccc1Br. The molecule has 0 saturated heterocycles. The predicted molar refractivity (Wildman–Crippen MR) is 67.5 cm³/mol. The summed E-state index contributed by atoms with van der Waals surface area (Å²) in [6.07, 6.45) is 0.403. The molecule has 1 rings (SSSR count). The van der Waals surface area contributed by atoms with Gasteiger partial charge in [0.2, 0.25) is 0 Å². The van der Waals surface area contributed by atoms with E-state index in [1.165, 1.54) is 0 Å². The Morgan fingerprint density at radius 3 is 2.94 bits per heavy atom. The number of ether oxygens (including phenoxy) is 1. The first-order chi connectivity index (χ1) is 7.54. The molecule has 1 aromatic rings. The number of nitrogens with two attached hydrogens (primary N) is 1. The summed E-state index contributed by atoms with van der Waals surface area (Å²) >= 11 is 9.24. The Morgan fingerprint density at radius 2 is 2.31 bits per heavy atom. The topological polar surface area (TPSA) is 52.3 Å². The Hall–Kier alpha value is -0.580. The molecular formula is C11H13BrClNO2. The summed E-state index contributed by atoms with van der Waals surface area (Å²) < 4.78 is 5.72. The van der Waals surface area contributed by atoms with Gasteiger partial charge in [0.15, 0.2) is 0 Å². The Kier molecular flexibility index (Phi) is 5.25. The number of rotatable bonds is 4. The lowest BCUT2D eigenvalue weighted by atomic mass is 10.1. The molecule has 0 amide bonds. The van der Waals surface area contributed by atoms with Crippen LogP contribution in [0.15, 0.2) is 22.7 Å². The van der Waals surface area contributed by atoms with Crippen molar-refractivity contribution in [3.63, 3.8) is 0 Å². The molecule has 1 aromatic carbocycles. The molecule has 0 aliphatic heterocycles. The molecule has 3 nitrogen and oxygen atoms in total. The lowest BCUT2D eigenvalue weighted by Gasteiger charge is -2.11. The van der Waals surface area contributed by atoms with Crippen molar-refractivity contribution < 1.29 is 9.53 Å². The quantitative estimate of drug-likeness (QED) is 0.870. The Balaban J connectivity index is 2.72. The average Bonchev–Trinajstić information content (AvgIpc) is 2.23. The van der Waals surface area contributed by atoms with Crippen LogP contribution in [0.2, 0.25) is 5.02 Å². The van der Waals surface area contributed by atoms with Gasteiger partial charge < -0.3 is 10.5 Å². The average molecular weight is 307 g/mol. The maximum absolute atomic E-state index is 11.3. The van der Waals surface area contributed by atoms with Crippen molar-refractivity contribution in [2.24, 2.45) is 5.73 Å². The minimum absolute atomic E-state index is 0.337. The van der Waals surface area contributed by atoms with E-state index in [1.807, 2.05) is 6.07 Å². The molecule has 16 heavy (non-hydrogen) atoms. The Morgan fingerprint density at radius 1 is 1.62 bits per heavy atom. The van der Waals surface area contributed by atoms with Gasteiger partial charge in [-0.15, -0.1) is 0 Å². The highest BCUT2D eigenvalue weighted by Crippen LogP contribution is 2.22. The van der Waals surface area contributed by atoms with E-state index >= 15 is 0 Å². The van der Waals surface area contributed by atoms with Crippen molar-refractivity contribution in [2.45, 2.75) is 19.4 Å². The van der Waals surface area contributed by atoms with E-state index < -0.39 is 12.0 Å². The van der Waals surface area contributed by atoms with E-state index in [-0.39, 0.29) is 0 Å². The van der Waals surface area contributed by atoms with Crippen LogP contribution in [0.5, 0.6) is 0 Å². The molecule has 0 radical (unpaired) electrons. The molecule has 0 spiro atoms. The zero-order valence-corrected chi connectivity index (χ0v) is 11.2. The first kappa shape index (κ1) is 13.5. The van der Waals surface area contributed by atoms with E-state index in [0.717, 1.165) is 10.0 Å². The molecule has 88 valence electrons. The second-order valence-electron chi connectivity index (χ2n) is 3.30. The largest absolute Gasteiger partial charge is 0.465 e. The number of carbonyl (C=O) groups excluding carboxylic acids is 1. The minimum atomic E-state index is -0.658. The maximum atomic E-state index is 11.3. The van der Waals surface area contributed by atoms with Crippen LogP contribution in [0.1, 0.15) is 12.5 Å². The van der Waals surface area contributed by atoms with Gasteiger partial charge in [0.25, 0.3) is 0 Å². The molecule has 0 bridgehead atoms. The molecular weight excluding hydrogens is 293 g/mol. The summed E-state index contributed by atoms with van der Waals surface area (Å²) in [6.45, 7) is 2.09. The van der Waals surface area contributed by atoms with Crippen molar-refractivity contribution in [1.29, 1.82) is 0 Å². The third kappa shape index (κ3) is 3.77. The molecule has 0 aromatic heterocycles. The van der Waals surface area contributed by atoms with Gasteiger partial charge >= 0.3 is 5.97 Å². The number of hydrogen-bond donors (Lipinski definition) is 1. The summed E-state index contributed by atoms with van der Waals surface area (Å²) in [5.41, 5.74) is 6.61. The first-order valence-corrected chi connectivity index (χ1v) is 6.07. The molecule has 0 saturated carbocycles. The highest BCUT2D eigenvalue weighted by Gasteiger charge is 2.16. The summed E-state index contributed by atoms with van der Waals surface area (Å²) in [7, 11) is 0. The molecule has 0 aliphatic rings. The van der Waals surface area contributed by atoms with Crippen LogP contribution in [-0.4, -0.2) is 18.6 Å². The fourth-order valence-corrected chi connectivity index (χ4v) is 1.87. The summed E-state index contributed by atoms with van der Waals surface area (Å²) in [5, 5.41) is 0.620. The molecule has 1 unspecified atom stereocenters. The molecule has 0 fully saturated rings. The molecule has 0 aliphatic carbocycles. The summed E-state index contributed by atoms with van der Waals surface area (Å²) in [4.78, 5) is 11.3. The highest BCUT2D eigenvalue weighted by atomic mass is 79.9. The lowest BCUT2D eigenvalue weighted by Crippen LogP contribution is -2.34. The van der Waals surface area contributed by atoms with Crippen LogP contribution in [0.4, 0.5) is 0 Å². The van der Waals surface area contributed by atoms with Gasteiger partial charge in [-0.05, 0) is 37.1 Å². The molecule has 5 heteroatoms. The van der Waals surface area contributed by atoms with Crippen LogP contribution >= 0.6 is 27.5 Å². The monoisotopic (exact) mass is 305 g/mol. The van der Waals surface area contributed by atoms with Crippen LogP contribution in [0.25, 0.3) is 0 Å². The van der Waals surface area contributed by atoms with Crippen molar-refractivity contribution in [2.75, 3.05) is 6.61 Å². The highest BCUT2D eigenvalue weighted by molar-refractivity contribution is 9.10. The van der Waals surface area contributed by atoms with Crippen LogP contribution in [-0.2, 0) is 16.0 Å². The van der Waals surface area contributed by atoms with Crippen LogP contribution in [0, 0.1) is 0 Å². The van der Waals surface area contributed by atoms with E-state index in [9.17, 15) is 4.79 Å². The van der Waals surface area contributed by atoms with E-state index in [0.29, 0.717) is 18.1 Å². The van der Waals surface area contributed by atoms with Crippen molar-refractivity contribution in [3.8, 4) is 0 Å². The van der Waals surface area contributed by atoms with Gasteiger partial charge in [0, 0.05) is 9.50 Å². The summed E-state index contributed by atoms with van der Waals surface area (Å²) in [6, 6.07) is 4.72. The number of carbonyl (C=O) groups is 1. The first-order valence-electron chi connectivity index (χ1n) is 4.90. The second-order valence-corrected chi connectivity index (χ2v) is 4.59. The minimum Gasteiger partial charge on any atom is -0.465 e. The van der Waals surface area contributed by atoms with Crippen LogP contribution < -0.4 is 5.73 Å². The van der Waals surface area contributed by atoms with Gasteiger partial charge in [0.1, 0.15) is 6.04 Å². The number of esters is 1. The maximum Gasteiger partial charge on any atom is 0.323 e. The zero-order chi connectivity index (χ0) is 12.1. The predicted octanol–water partition coefficient (Wildman–Crippen LogP) is 2.54. The molecule has 0 heterocycles. The Bertz CT molecular complexity index is 384. The Labute approximate surface area is 108 Å².